The van der Waals surface area contributed by atoms with Gasteiger partial charge in [0.2, 0.25) is 0 Å². The number of nitrogens with one attached hydrogen (secondary N) is 1. The number of unbranched alkanes of at least 4 members (excludes halogenated alkanes) is 1. The van der Waals surface area contributed by atoms with Gasteiger partial charge >= 0.3 is 0 Å². The first kappa shape index (κ1) is 22.2. The van der Waals surface area contributed by atoms with Crippen molar-refractivity contribution in [1.82, 2.24) is 4.57 Å². The van der Waals surface area contributed by atoms with Crippen molar-refractivity contribution in [3.63, 3.8) is 0 Å². The summed E-state index contributed by atoms with van der Waals surface area (Å²) in [6.45, 7) is 7.15. The zero-order chi connectivity index (χ0) is 22.9. The monoisotopic (exact) mass is 448 g/mol. The van der Waals surface area contributed by atoms with E-state index in [9.17, 15) is 4.21 Å². The molecule has 6 heteroatoms. The second-order valence-electron chi connectivity index (χ2n) is 8.60. The van der Waals surface area contributed by atoms with Crippen LogP contribution in [0.5, 0.6) is 0 Å². The number of hydrogen-bond donors (Lipinski definition) is 2. The normalized spacial score (nSPS) is 17.0. The van der Waals surface area contributed by atoms with Gasteiger partial charge in [0.05, 0.1) is 20.7 Å². The molecule has 0 fully saturated rings. The van der Waals surface area contributed by atoms with Gasteiger partial charge in [-0.05, 0) is 55.3 Å². The molecule has 2 heterocycles. The van der Waals surface area contributed by atoms with E-state index >= 15 is 0 Å². The number of nitrogens with zero attached hydrogens (tertiary/aromatic N) is 2. The molecule has 0 amide bonds. The second kappa shape index (κ2) is 8.87. The van der Waals surface area contributed by atoms with E-state index < -0.39 is 9.71 Å². The molecule has 0 spiro atoms. The lowest BCUT2D eigenvalue weighted by Gasteiger charge is -2.17. The summed E-state index contributed by atoms with van der Waals surface area (Å²) < 4.78 is 19.0. The number of para-hydroxylation sites is 1. The van der Waals surface area contributed by atoms with Crippen molar-refractivity contribution in [3.8, 4) is 0 Å². The van der Waals surface area contributed by atoms with E-state index in [-0.39, 0.29) is 0 Å². The van der Waals surface area contributed by atoms with Crippen molar-refractivity contribution in [2.24, 2.45) is 4.99 Å². The zero-order valence-corrected chi connectivity index (χ0v) is 19.9. The standard InChI is InChI=1S/C26H32N4OS/c1-5-6-17-30-23-16-13-19(3)21-9-7-8-10-22(21)28-25(23)24(27)26(30)29-32(4,31)20-14-11-18(2)12-15-20/h7-12,14-16,19H,4-6,13,17,27H2,1-3H3,(H,29,31). The lowest BCUT2D eigenvalue weighted by atomic mass is 9.95. The Kier molecular flexibility index (Phi) is 6.15. The van der Waals surface area contributed by atoms with Gasteiger partial charge in [-0.3, -0.25) is 4.72 Å². The SMILES string of the molecule is C=S(=O)(Nc1c(N)c2c(n1CCCC)=CCC(C)c1ccccc1N=2)c1ccc(C)cc1. The van der Waals surface area contributed by atoms with Crippen LogP contribution in [0.1, 0.15) is 50.2 Å². The van der Waals surface area contributed by atoms with Gasteiger partial charge in [0.15, 0.2) is 0 Å². The summed E-state index contributed by atoms with van der Waals surface area (Å²) in [6.07, 6.45) is 5.12. The molecule has 1 aliphatic rings. The molecule has 2 aromatic carbocycles. The first-order valence-electron chi connectivity index (χ1n) is 11.2. The molecule has 0 saturated carbocycles. The maximum absolute atomic E-state index is 13.6. The van der Waals surface area contributed by atoms with E-state index in [1.54, 1.807) is 0 Å². The smallest absolute Gasteiger partial charge is 0.144 e. The van der Waals surface area contributed by atoms with E-state index in [0.717, 1.165) is 47.8 Å². The third-order valence-electron chi connectivity index (χ3n) is 6.08. The second-order valence-corrected chi connectivity index (χ2v) is 10.6. The van der Waals surface area contributed by atoms with Gasteiger partial charge in [0.1, 0.15) is 16.9 Å². The average molecular weight is 449 g/mol. The minimum atomic E-state index is -2.80. The van der Waals surface area contributed by atoms with Crippen LogP contribution in [-0.4, -0.2) is 14.6 Å². The highest BCUT2D eigenvalue weighted by molar-refractivity contribution is 8.01. The lowest BCUT2D eigenvalue weighted by Crippen LogP contribution is -2.31. The zero-order valence-electron chi connectivity index (χ0n) is 19.1. The molecular weight excluding hydrogens is 416 g/mol. The van der Waals surface area contributed by atoms with Gasteiger partial charge < -0.3 is 10.3 Å². The van der Waals surface area contributed by atoms with Gasteiger partial charge in [-0.1, -0.05) is 62.2 Å². The molecule has 0 saturated heterocycles. The Labute approximate surface area is 190 Å². The van der Waals surface area contributed by atoms with Gasteiger partial charge in [-0.15, -0.1) is 0 Å². The largest absolute Gasteiger partial charge is 0.394 e. The molecule has 1 aromatic heterocycles. The van der Waals surface area contributed by atoms with Crippen LogP contribution in [-0.2, 0) is 16.3 Å². The minimum absolute atomic E-state index is 0.347. The number of anilines is 2. The maximum atomic E-state index is 13.6. The molecule has 0 bridgehead atoms. The average Bonchev–Trinajstić information content (AvgIpc) is 2.99. The topological polar surface area (TPSA) is 72.4 Å². The Morgan fingerprint density at radius 1 is 1.22 bits per heavy atom. The van der Waals surface area contributed by atoms with E-state index in [1.165, 1.54) is 5.56 Å². The van der Waals surface area contributed by atoms with Crippen LogP contribution in [0.2, 0.25) is 0 Å². The van der Waals surface area contributed by atoms with E-state index in [2.05, 4.69) is 47.2 Å². The van der Waals surface area contributed by atoms with Crippen LogP contribution in [0.3, 0.4) is 0 Å². The summed E-state index contributed by atoms with van der Waals surface area (Å²) in [4.78, 5) is 5.64. The minimum Gasteiger partial charge on any atom is -0.394 e. The molecule has 3 N–H and O–H groups in total. The van der Waals surface area contributed by atoms with E-state index in [0.29, 0.717) is 22.3 Å². The number of nitrogen functional groups attached to an aromatic ring is 1. The van der Waals surface area contributed by atoms with Crippen LogP contribution in [0.4, 0.5) is 17.2 Å². The fourth-order valence-corrected chi connectivity index (χ4v) is 5.37. The highest BCUT2D eigenvalue weighted by atomic mass is 32.2. The van der Waals surface area contributed by atoms with E-state index in [4.69, 9.17) is 10.7 Å². The Bertz CT molecular complexity index is 1350. The molecule has 3 aromatic rings. The number of aryl methyl sites for hydroxylation is 1. The van der Waals surface area contributed by atoms with Crippen LogP contribution in [0, 0.1) is 6.92 Å². The summed E-state index contributed by atoms with van der Waals surface area (Å²) >= 11 is 0. The highest BCUT2D eigenvalue weighted by Crippen LogP contribution is 2.30. The summed E-state index contributed by atoms with van der Waals surface area (Å²) in [5.41, 5.74) is 10.4. The third-order valence-corrected chi connectivity index (χ3v) is 7.63. The van der Waals surface area contributed by atoms with Crippen LogP contribution in [0.25, 0.3) is 6.08 Å². The number of hydrogen-bond acceptors (Lipinski definition) is 3. The number of nitrogens with two attached hydrogens (primary N) is 1. The summed E-state index contributed by atoms with van der Waals surface area (Å²) in [6, 6.07) is 15.8. The number of aromatic nitrogens is 1. The van der Waals surface area contributed by atoms with Crippen molar-refractivity contribution in [3.05, 3.63) is 70.4 Å². The predicted molar refractivity (Wildman–Crippen MR) is 136 cm³/mol. The van der Waals surface area contributed by atoms with Crippen molar-refractivity contribution in [2.75, 3.05) is 10.5 Å². The molecule has 0 radical (unpaired) electrons. The Balaban J connectivity index is 1.91. The molecular formula is C26H32N4OS. The third kappa shape index (κ3) is 4.19. The Hall–Kier alpha value is -2.99. The highest BCUT2D eigenvalue weighted by Gasteiger charge is 2.20. The maximum Gasteiger partial charge on any atom is 0.144 e. The molecule has 2 unspecified atom stereocenters. The predicted octanol–water partition coefficient (Wildman–Crippen LogP) is 4.52. The molecule has 1 aliphatic heterocycles. The molecule has 5 nitrogen and oxygen atoms in total. The van der Waals surface area contributed by atoms with Gasteiger partial charge in [0, 0.05) is 11.4 Å². The van der Waals surface area contributed by atoms with Crippen molar-refractivity contribution >= 4 is 38.8 Å². The summed E-state index contributed by atoms with van der Waals surface area (Å²) in [5.74, 6) is 5.01. The fraction of sp³-hybridized carbons (Fsp3) is 0.308. The van der Waals surface area contributed by atoms with Crippen LogP contribution < -0.4 is 21.2 Å². The first-order valence-corrected chi connectivity index (χ1v) is 12.9. The molecule has 4 rings (SSSR count). The summed E-state index contributed by atoms with van der Waals surface area (Å²) in [7, 11) is -2.80. The number of benzene rings is 2. The van der Waals surface area contributed by atoms with Gasteiger partial charge in [-0.25, -0.2) is 9.20 Å². The van der Waals surface area contributed by atoms with Crippen LogP contribution in [0.15, 0.2) is 58.4 Å². The Morgan fingerprint density at radius 3 is 2.66 bits per heavy atom. The van der Waals surface area contributed by atoms with Gasteiger partial charge in [-0.2, -0.15) is 0 Å². The first-order chi connectivity index (χ1) is 15.3. The van der Waals surface area contributed by atoms with E-state index in [1.807, 2.05) is 43.3 Å². The van der Waals surface area contributed by atoms with Crippen molar-refractivity contribution < 1.29 is 4.21 Å². The van der Waals surface area contributed by atoms with Crippen molar-refractivity contribution in [1.29, 1.82) is 0 Å². The van der Waals surface area contributed by atoms with Gasteiger partial charge in [0.25, 0.3) is 0 Å². The molecule has 0 aliphatic carbocycles. The summed E-state index contributed by atoms with van der Waals surface area (Å²) in [5, 5.41) is 1.72. The number of fused-ring (bicyclic) bond motifs is 2. The van der Waals surface area contributed by atoms with Crippen molar-refractivity contribution in [2.45, 2.75) is 57.4 Å². The lowest BCUT2D eigenvalue weighted by molar-refractivity contribution is 0.624. The molecule has 168 valence electrons. The Morgan fingerprint density at radius 2 is 1.94 bits per heavy atom. The molecule has 2 atom stereocenters. The quantitative estimate of drug-likeness (QED) is 0.544. The number of rotatable bonds is 6. The van der Waals surface area contributed by atoms with Crippen LogP contribution >= 0.6 is 0 Å². The molecule has 32 heavy (non-hydrogen) atoms. The fourth-order valence-electron chi connectivity index (χ4n) is 4.14.